The van der Waals surface area contributed by atoms with E-state index in [0.717, 1.165) is 44.2 Å². The average Bonchev–Trinajstić information content (AvgIpc) is 3.33. The van der Waals surface area contributed by atoms with Crippen molar-refractivity contribution in [3.63, 3.8) is 0 Å². The van der Waals surface area contributed by atoms with E-state index in [2.05, 4.69) is 26.9 Å². The number of benzene rings is 2. The summed E-state index contributed by atoms with van der Waals surface area (Å²) in [6, 6.07) is 16.6. The smallest absolute Gasteiger partial charge is 0.231 e. The lowest BCUT2D eigenvalue weighted by Gasteiger charge is -2.34. The Labute approximate surface area is 198 Å². The van der Waals surface area contributed by atoms with E-state index in [4.69, 9.17) is 19.9 Å². The van der Waals surface area contributed by atoms with Crippen molar-refractivity contribution in [2.24, 2.45) is 0 Å². The Balaban J connectivity index is 1.12. The molecule has 1 fully saturated rings. The second kappa shape index (κ2) is 9.84. The lowest BCUT2D eigenvalue weighted by Crippen LogP contribution is -2.43. The number of carbonyl (C=O) groups excluding carboxylic acids is 1. The first kappa shape index (κ1) is 21.8. The van der Waals surface area contributed by atoms with Crippen LogP contribution < -0.4 is 19.9 Å². The number of aromatic nitrogens is 1. The lowest BCUT2D eigenvalue weighted by atomic mass is 10.1. The monoisotopic (exact) mass is 458 g/mol. The van der Waals surface area contributed by atoms with Crippen molar-refractivity contribution in [1.29, 1.82) is 0 Å². The van der Waals surface area contributed by atoms with Gasteiger partial charge in [-0.1, -0.05) is 18.2 Å². The van der Waals surface area contributed by atoms with Crippen molar-refractivity contribution in [2.45, 2.75) is 6.54 Å². The van der Waals surface area contributed by atoms with Gasteiger partial charge in [0, 0.05) is 56.6 Å². The molecule has 2 aromatic carbocycles. The lowest BCUT2D eigenvalue weighted by molar-refractivity contribution is 0.104. The molecular formula is C26H26N4O4. The number of ether oxygens (including phenoxy) is 3. The van der Waals surface area contributed by atoms with E-state index in [-0.39, 0.29) is 5.78 Å². The van der Waals surface area contributed by atoms with Gasteiger partial charge in [-0.3, -0.25) is 9.69 Å². The molecule has 174 valence electrons. The van der Waals surface area contributed by atoms with Gasteiger partial charge < -0.3 is 24.8 Å². The van der Waals surface area contributed by atoms with Gasteiger partial charge in [0.05, 0.1) is 11.9 Å². The molecule has 3 heterocycles. The molecule has 5 rings (SSSR count). The number of rotatable bonds is 7. The predicted octanol–water partition coefficient (Wildman–Crippen LogP) is 3.70. The minimum Gasteiger partial charge on any atom is -0.454 e. The van der Waals surface area contributed by atoms with Crippen molar-refractivity contribution < 1.29 is 19.0 Å². The third kappa shape index (κ3) is 5.29. The van der Waals surface area contributed by atoms with E-state index < -0.39 is 0 Å². The highest BCUT2D eigenvalue weighted by molar-refractivity contribution is 6.04. The molecule has 0 bridgehead atoms. The Bertz CT molecular complexity index is 1190. The summed E-state index contributed by atoms with van der Waals surface area (Å²) in [6.07, 6.45) is 5.03. The Morgan fingerprint density at radius 1 is 1.03 bits per heavy atom. The zero-order valence-electron chi connectivity index (χ0n) is 18.7. The molecule has 0 spiro atoms. The van der Waals surface area contributed by atoms with Crippen LogP contribution in [-0.2, 0) is 6.54 Å². The molecular weight excluding hydrogens is 432 g/mol. The molecule has 2 N–H and O–H groups in total. The summed E-state index contributed by atoms with van der Waals surface area (Å²) in [5.41, 5.74) is 7.99. The van der Waals surface area contributed by atoms with Crippen LogP contribution in [0.3, 0.4) is 0 Å². The van der Waals surface area contributed by atoms with Crippen molar-refractivity contribution in [2.75, 3.05) is 38.7 Å². The number of pyridine rings is 1. The number of hydrogen-bond acceptors (Lipinski definition) is 8. The van der Waals surface area contributed by atoms with Gasteiger partial charge >= 0.3 is 0 Å². The van der Waals surface area contributed by atoms with Crippen molar-refractivity contribution >= 4 is 11.5 Å². The molecule has 8 heteroatoms. The maximum atomic E-state index is 12.7. The molecule has 8 nitrogen and oxygen atoms in total. The maximum absolute atomic E-state index is 12.7. The molecule has 0 radical (unpaired) electrons. The normalized spacial score (nSPS) is 15.6. The Hall–Kier alpha value is -4.04. The second-order valence-corrected chi connectivity index (χ2v) is 8.24. The first-order valence-electron chi connectivity index (χ1n) is 11.2. The van der Waals surface area contributed by atoms with Crippen LogP contribution in [0.5, 0.6) is 23.1 Å². The summed E-state index contributed by atoms with van der Waals surface area (Å²) in [6.45, 7) is 4.72. The number of allylic oxidation sites excluding steroid dienone is 1. The zero-order valence-corrected chi connectivity index (χ0v) is 18.7. The van der Waals surface area contributed by atoms with Crippen LogP contribution in [0.2, 0.25) is 0 Å². The minimum atomic E-state index is -0.0708. The fraction of sp³-hybridized carbons (Fsp3) is 0.231. The third-order valence-corrected chi connectivity index (χ3v) is 5.79. The van der Waals surface area contributed by atoms with E-state index in [0.29, 0.717) is 29.7 Å². The Kier molecular flexibility index (Phi) is 6.31. The number of nitrogens with zero attached hydrogens (tertiary/aromatic N) is 3. The molecule has 3 aromatic rings. The van der Waals surface area contributed by atoms with E-state index in [1.165, 1.54) is 11.8 Å². The number of anilines is 1. The van der Waals surface area contributed by atoms with Crippen molar-refractivity contribution in [3.05, 3.63) is 84.2 Å². The minimum absolute atomic E-state index is 0.0708. The van der Waals surface area contributed by atoms with E-state index in [1.807, 2.05) is 12.3 Å². The van der Waals surface area contributed by atoms with Gasteiger partial charge in [0.15, 0.2) is 17.3 Å². The number of ketones is 1. The first-order valence-corrected chi connectivity index (χ1v) is 11.2. The van der Waals surface area contributed by atoms with Gasteiger partial charge in [-0.25, -0.2) is 4.98 Å². The molecule has 0 unspecified atom stereocenters. The second-order valence-electron chi connectivity index (χ2n) is 8.24. The molecule has 0 aliphatic carbocycles. The zero-order chi connectivity index (χ0) is 23.3. The van der Waals surface area contributed by atoms with Crippen LogP contribution in [0.25, 0.3) is 0 Å². The number of carbonyl (C=O) groups is 1. The highest BCUT2D eigenvalue weighted by Crippen LogP contribution is 2.32. The van der Waals surface area contributed by atoms with Gasteiger partial charge in [0.2, 0.25) is 12.7 Å². The van der Waals surface area contributed by atoms with E-state index >= 15 is 0 Å². The Morgan fingerprint density at radius 2 is 1.88 bits per heavy atom. The van der Waals surface area contributed by atoms with Crippen molar-refractivity contribution in [1.82, 2.24) is 14.8 Å². The predicted molar refractivity (Wildman–Crippen MR) is 128 cm³/mol. The molecule has 2 aliphatic rings. The summed E-state index contributed by atoms with van der Waals surface area (Å²) in [7, 11) is 0. The first-order chi connectivity index (χ1) is 16.6. The highest BCUT2D eigenvalue weighted by atomic mass is 16.7. The van der Waals surface area contributed by atoms with Gasteiger partial charge in [-0.15, -0.1) is 0 Å². The number of nitrogen functional groups attached to an aromatic ring is 1. The summed E-state index contributed by atoms with van der Waals surface area (Å²) < 4.78 is 16.6. The van der Waals surface area contributed by atoms with E-state index in [1.54, 1.807) is 42.5 Å². The summed E-state index contributed by atoms with van der Waals surface area (Å²) >= 11 is 0. The van der Waals surface area contributed by atoms with Gasteiger partial charge in [0.25, 0.3) is 0 Å². The Morgan fingerprint density at radius 3 is 2.71 bits per heavy atom. The molecule has 0 atom stereocenters. The molecule has 1 aromatic heterocycles. The summed E-state index contributed by atoms with van der Waals surface area (Å²) in [5.74, 6) is 2.53. The van der Waals surface area contributed by atoms with Crippen LogP contribution in [0, 0.1) is 0 Å². The van der Waals surface area contributed by atoms with Crippen LogP contribution in [0.15, 0.2) is 73.1 Å². The molecule has 0 amide bonds. The number of nitrogens with two attached hydrogens (primary N) is 1. The van der Waals surface area contributed by atoms with Crippen LogP contribution >= 0.6 is 0 Å². The summed E-state index contributed by atoms with van der Waals surface area (Å²) in [4.78, 5) is 21.4. The SMILES string of the molecule is Nc1ccc(Oc2cccc(C(=O)/C=C/N3CCN(Cc4ccc5c(c4)OCO5)CC3)c2)nc1. The molecule has 1 saturated heterocycles. The molecule has 0 saturated carbocycles. The molecule has 34 heavy (non-hydrogen) atoms. The van der Waals surface area contributed by atoms with Gasteiger partial charge in [-0.2, -0.15) is 0 Å². The fourth-order valence-electron chi connectivity index (χ4n) is 3.92. The number of piperazine rings is 1. The quantitative estimate of drug-likeness (QED) is 0.423. The van der Waals surface area contributed by atoms with E-state index in [9.17, 15) is 4.79 Å². The largest absolute Gasteiger partial charge is 0.454 e. The van der Waals surface area contributed by atoms with Crippen molar-refractivity contribution in [3.8, 4) is 23.1 Å². The van der Waals surface area contributed by atoms with Gasteiger partial charge in [0.1, 0.15) is 5.75 Å². The van der Waals surface area contributed by atoms with Crippen LogP contribution in [0.4, 0.5) is 5.69 Å². The summed E-state index contributed by atoms with van der Waals surface area (Å²) in [5, 5.41) is 0. The average molecular weight is 459 g/mol. The standard InChI is InChI=1S/C26H26N4O4/c27-21-5-7-26(28-16-21)34-22-3-1-2-20(15-22)23(31)8-9-29-10-12-30(13-11-29)17-19-4-6-24-25(14-19)33-18-32-24/h1-9,14-16H,10-13,17-18,27H2/b9-8+. The fourth-order valence-corrected chi connectivity index (χ4v) is 3.92. The maximum Gasteiger partial charge on any atom is 0.231 e. The topological polar surface area (TPSA) is 90.2 Å². The number of fused-ring (bicyclic) bond motifs is 1. The number of hydrogen-bond donors (Lipinski definition) is 1. The molecule has 2 aliphatic heterocycles. The van der Waals surface area contributed by atoms with Crippen LogP contribution in [-0.4, -0.2) is 53.5 Å². The highest BCUT2D eigenvalue weighted by Gasteiger charge is 2.18. The van der Waals surface area contributed by atoms with Crippen LogP contribution in [0.1, 0.15) is 15.9 Å². The van der Waals surface area contributed by atoms with Gasteiger partial charge in [-0.05, 0) is 35.9 Å². The third-order valence-electron chi connectivity index (χ3n) is 5.79.